The first-order valence-corrected chi connectivity index (χ1v) is 8.27. The molecule has 2 aromatic rings. The van der Waals surface area contributed by atoms with Crippen LogP contribution < -0.4 is 5.32 Å². The van der Waals surface area contributed by atoms with Gasteiger partial charge in [-0.25, -0.2) is 9.78 Å². The molecule has 0 unspecified atom stereocenters. The Bertz CT molecular complexity index is 611. The number of aryl methyl sites for hydroxylation is 1. The van der Waals surface area contributed by atoms with Gasteiger partial charge in [0.1, 0.15) is 11.1 Å². The van der Waals surface area contributed by atoms with E-state index in [1.807, 2.05) is 41.4 Å². The van der Waals surface area contributed by atoms with Crippen molar-refractivity contribution < 1.29 is 9.53 Å². The van der Waals surface area contributed by atoms with Crippen LogP contribution in [0.2, 0.25) is 0 Å². The number of morpholine rings is 1. The first-order chi connectivity index (χ1) is 10.7. The summed E-state index contributed by atoms with van der Waals surface area (Å²) in [6.45, 7) is 5.09. The molecule has 1 atom stereocenters. The van der Waals surface area contributed by atoms with E-state index in [2.05, 4.69) is 10.3 Å². The van der Waals surface area contributed by atoms with Crippen LogP contribution in [-0.2, 0) is 11.3 Å². The van der Waals surface area contributed by atoms with E-state index in [1.54, 1.807) is 16.2 Å². The third-order valence-electron chi connectivity index (χ3n) is 3.58. The summed E-state index contributed by atoms with van der Waals surface area (Å²) in [7, 11) is 0. The molecule has 22 heavy (non-hydrogen) atoms. The van der Waals surface area contributed by atoms with Crippen molar-refractivity contribution in [3.63, 3.8) is 0 Å². The van der Waals surface area contributed by atoms with Gasteiger partial charge in [0, 0.05) is 43.1 Å². The van der Waals surface area contributed by atoms with E-state index in [0.717, 1.165) is 17.2 Å². The van der Waals surface area contributed by atoms with Gasteiger partial charge in [-0.1, -0.05) is 0 Å². The second kappa shape index (κ2) is 6.93. The quantitative estimate of drug-likeness (QED) is 0.938. The first-order valence-electron chi connectivity index (χ1n) is 7.39. The van der Waals surface area contributed by atoms with Gasteiger partial charge in [0.15, 0.2) is 0 Å². The van der Waals surface area contributed by atoms with Crippen LogP contribution in [0.15, 0.2) is 29.9 Å². The van der Waals surface area contributed by atoms with Crippen molar-refractivity contribution in [3.8, 4) is 0 Å². The number of hydrogen-bond donors (Lipinski definition) is 1. The number of thiazole rings is 1. The van der Waals surface area contributed by atoms with Crippen molar-refractivity contribution in [1.82, 2.24) is 19.8 Å². The van der Waals surface area contributed by atoms with E-state index < -0.39 is 0 Å². The Morgan fingerprint density at radius 1 is 1.50 bits per heavy atom. The van der Waals surface area contributed by atoms with Gasteiger partial charge in [-0.2, -0.15) is 0 Å². The molecule has 0 aromatic carbocycles. The van der Waals surface area contributed by atoms with Gasteiger partial charge in [0.05, 0.1) is 13.2 Å². The van der Waals surface area contributed by atoms with Gasteiger partial charge in [-0.3, -0.25) is 0 Å². The molecule has 1 fully saturated rings. The molecule has 6 nitrogen and oxygen atoms in total. The van der Waals surface area contributed by atoms with Crippen LogP contribution in [0.1, 0.15) is 16.8 Å². The molecule has 1 aliphatic heterocycles. The molecule has 0 aliphatic carbocycles. The van der Waals surface area contributed by atoms with Gasteiger partial charge in [0.2, 0.25) is 0 Å². The first kappa shape index (κ1) is 15.1. The molecule has 0 spiro atoms. The standard InChI is InChI=1S/C15H20N4O2S/c1-12-11-22-14(17-12)13-10-19(8-9-21-13)15(20)16-4-7-18-5-2-3-6-18/h2-3,5-6,11,13H,4,7-10H2,1H3,(H,16,20)/t13-/m0/s1. The minimum absolute atomic E-state index is 0.0336. The zero-order valence-electron chi connectivity index (χ0n) is 12.6. The van der Waals surface area contributed by atoms with Crippen LogP contribution in [0.25, 0.3) is 0 Å². The van der Waals surface area contributed by atoms with Crippen LogP contribution in [0.4, 0.5) is 4.79 Å². The van der Waals surface area contributed by atoms with Crippen LogP contribution >= 0.6 is 11.3 Å². The predicted octanol–water partition coefficient (Wildman–Crippen LogP) is 2.04. The largest absolute Gasteiger partial charge is 0.367 e. The van der Waals surface area contributed by atoms with Crippen LogP contribution in [0.5, 0.6) is 0 Å². The molecule has 3 rings (SSSR count). The SMILES string of the molecule is Cc1csc([C@@H]2CN(C(=O)NCCn3cccc3)CCO2)n1. The van der Waals surface area contributed by atoms with Crippen molar-refractivity contribution in [1.29, 1.82) is 0 Å². The molecule has 2 aromatic heterocycles. The summed E-state index contributed by atoms with van der Waals surface area (Å²) < 4.78 is 7.79. The number of urea groups is 1. The fraction of sp³-hybridized carbons (Fsp3) is 0.467. The minimum atomic E-state index is -0.109. The van der Waals surface area contributed by atoms with E-state index in [1.165, 1.54) is 0 Å². The second-order valence-electron chi connectivity index (χ2n) is 5.29. The lowest BCUT2D eigenvalue weighted by molar-refractivity contribution is -0.0155. The number of ether oxygens (including phenoxy) is 1. The molecular weight excluding hydrogens is 300 g/mol. The summed E-state index contributed by atoms with van der Waals surface area (Å²) in [4.78, 5) is 18.5. The molecule has 7 heteroatoms. The Kier molecular flexibility index (Phi) is 4.74. The Labute approximate surface area is 133 Å². The van der Waals surface area contributed by atoms with Crippen molar-refractivity contribution in [2.24, 2.45) is 0 Å². The van der Waals surface area contributed by atoms with Crippen molar-refractivity contribution in [3.05, 3.63) is 40.6 Å². The molecular formula is C15H20N4O2S. The molecule has 1 aliphatic rings. The number of carbonyl (C=O) groups excluding carboxylic acids is 1. The highest BCUT2D eigenvalue weighted by molar-refractivity contribution is 7.09. The molecule has 0 radical (unpaired) electrons. The summed E-state index contributed by atoms with van der Waals surface area (Å²) in [5.74, 6) is 0. The average Bonchev–Trinajstić information content (AvgIpc) is 3.19. The van der Waals surface area contributed by atoms with E-state index in [0.29, 0.717) is 26.2 Å². The van der Waals surface area contributed by atoms with Crippen molar-refractivity contribution in [2.45, 2.75) is 19.6 Å². The lowest BCUT2D eigenvalue weighted by atomic mass is 10.3. The average molecular weight is 320 g/mol. The number of aromatic nitrogens is 2. The maximum absolute atomic E-state index is 12.2. The third-order valence-corrected chi connectivity index (χ3v) is 4.63. The highest BCUT2D eigenvalue weighted by Gasteiger charge is 2.27. The maximum Gasteiger partial charge on any atom is 0.317 e. The number of carbonyl (C=O) groups is 1. The molecule has 1 saturated heterocycles. The highest BCUT2D eigenvalue weighted by atomic mass is 32.1. The van der Waals surface area contributed by atoms with Crippen LogP contribution in [0, 0.1) is 6.92 Å². The monoisotopic (exact) mass is 320 g/mol. The summed E-state index contributed by atoms with van der Waals surface area (Å²) in [5.41, 5.74) is 0.997. The number of rotatable bonds is 4. The number of amides is 2. The molecule has 3 heterocycles. The van der Waals surface area contributed by atoms with Crippen LogP contribution in [-0.4, -0.2) is 46.7 Å². The van der Waals surface area contributed by atoms with Gasteiger partial charge in [-0.05, 0) is 19.1 Å². The molecule has 0 saturated carbocycles. The summed E-state index contributed by atoms with van der Waals surface area (Å²) in [5, 5.41) is 5.92. The molecule has 1 N–H and O–H groups in total. The smallest absolute Gasteiger partial charge is 0.317 e. The minimum Gasteiger partial charge on any atom is -0.367 e. The Morgan fingerprint density at radius 3 is 3.05 bits per heavy atom. The van der Waals surface area contributed by atoms with Gasteiger partial charge in [-0.15, -0.1) is 11.3 Å². The van der Waals surface area contributed by atoms with Crippen molar-refractivity contribution in [2.75, 3.05) is 26.2 Å². The third kappa shape index (κ3) is 3.66. The molecule has 118 valence electrons. The summed E-state index contributed by atoms with van der Waals surface area (Å²) in [6.07, 6.45) is 3.87. The zero-order valence-corrected chi connectivity index (χ0v) is 13.4. The number of hydrogen-bond acceptors (Lipinski definition) is 4. The lowest BCUT2D eigenvalue weighted by Gasteiger charge is -2.32. The fourth-order valence-corrected chi connectivity index (χ4v) is 3.26. The van der Waals surface area contributed by atoms with Gasteiger partial charge < -0.3 is 19.5 Å². The molecule has 0 bridgehead atoms. The predicted molar refractivity (Wildman–Crippen MR) is 84.9 cm³/mol. The lowest BCUT2D eigenvalue weighted by Crippen LogP contribution is -2.47. The summed E-state index contributed by atoms with van der Waals surface area (Å²) in [6, 6.07) is 3.92. The fourth-order valence-electron chi connectivity index (χ4n) is 2.43. The Morgan fingerprint density at radius 2 is 2.32 bits per heavy atom. The molecule has 2 amide bonds. The number of nitrogens with zero attached hydrogens (tertiary/aromatic N) is 3. The number of nitrogens with one attached hydrogen (secondary N) is 1. The highest BCUT2D eigenvalue weighted by Crippen LogP contribution is 2.25. The van der Waals surface area contributed by atoms with Crippen molar-refractivity contribution >= 4 is 17.4 Å². The summed E-state index contributed by atoms with van der Waals surface area (Å²) >= 11 is 1.59. The van der Waals surface area contributed by atoms with E-state index in [9.17, 15) is 4.79 Å². The maximum atomic E-state index is 12.2. The topological polar surface area (TPSA) is 59.4 Å². The van der Waals surface area contributed by atoms with E-state index in [4.69, 9.17) is 4.74 Å². The van der Waals surface area contributed by atoms with Gasteiger partial charge in [0.25, 0.3) is 0 Å². The van der Waals surface area contributed by atoms with Crippen LogP contribution in [0.3, 0.4) is 0 Å². The van der Waals surface area contributed by atoms with Gasteiger partial charge >= 0.3 is 6.03 Å². The Hall–Kier alpha value is -1.86. The van der Waals surface area contributed by atoms with E-state index >= 15 is 0 Å². The second-order valence-corrected chi connectivity index (χ2v) is 6.18. The Balaban J connectivity index is 1.49. The van der Waals surface area contributed by atoms with E-state index in [-0.39, 0.29) is 12.1 Å². The zero-order chi connectivity index (χ0) is 15.4. The normalized spacial score (nSPS) is 18.4.